The Hall–Kier alpha value is -4.00. The Balaban J connectivity index is 1.29. The van der Waals surface area contributed by atoms with Gasteiger partial charge in [0.1, 0.15) is 30.5 Å². The summed E-state index contributed by atoms with van der Waals surface area (Å²) >= 11 is 0. The number of hydrogen-bond donors (Lipinski definition) is 0. The minimum atomic E-state index is 0.0868. The van der Waals surface area contributed by atoms with Gasteiger partial charge >= 0.3 is 0 Å². The Bertz CT molecular complexity index is 1260. The highest BCUT2D eigenvalue weighted by molar-refractivity contribution is 5.81. The molecule has 1 saturated heterocycles. The number of rotatable bonds is 7. The maximum Gasteiger partial charge on any atom is 0.242 e. The normalized spacial score (nSPS) is 13.8. The molecular weight excluding hydrogens is 428 g/mol. The number of amides is 1. The van der Waals surface area contributed by atoms with Crippen LogP contribution in [0, 0.1) is 0 Å². The number of piperazine rings is 1. The molecule has 0 radical (unpaired) electrons. The second-order valence-electron chi connectivity index (χ2n) is 8.24. The van der Waals surface area contributed by atoms with E-state index >= 15 is 0 Å². The molecule has 3 aromatic carbocycles. The van der Waals surface area contributed by atoms with Gasteiger partial charge in [0.15, 0.2) is 0 Å². The van der Waals surface area contributed by atoms with Gasteiger partial charge in [0.25, 0.3) is 0 Å². The van der Waals surface area contributed by atoms with Crippen LogP contribution in [0.5, 0.6) is 11.5 Å². The molecule has 0 N–H and O–H groups in total. The Morgan fingerprint density at radius 3 is 2.38 bits per heavy atom. The Kier molecular flexibility index (Phi) is 6.33. The first-order chi connectivity index (χ1) is 16.7. The van der Waals surface area contributed by atoms with Crippen molar-refractivity contribution in [1.29, 1.82) is 0 Å². The Labute approximate surface area is 199 Å². The van der Waals surface area contributed by atoms with E-state index in [4.69, 9.17) is 14.5 Å². The lowest BCUT2D eigenvalue weighted by atomic mass is 10.2. The largest absolute Gasteiger partial charge is 0.495 e. The first-order valence-corrected chi connectivity index (χ1v) is 11.5. The third kappa shape index (κ3) is 4.55. The third-order valence-electron chi connectivity index (χ3n) is 6.20. The molecule has 0 unspecified atom stereocenters. The topological polar surface area (TPSA) is 59.8 Å². The van der Waals surface area contributed by atoms with Crippen molar-refractivity contribution in [3.8, 4) is 11.5 Å². The number of hydrogen-bond acceptors (Lipinski definition) is 5. The molecule has 0 spiro atoms. The number of ether oxygens (including phenoxy) is 2. The second kappa shape index (κ2) is 9.87. The van der Waals surface area contributed by atoms with Gasteiger partial charge in [-0.25, -0.2) is 4.98 Å². The zero-order valence-electron chi connectivity index (χ0n) is 19.3. The summed E-state index contributed by atoms with van der Waals surface area (Å²) < 4.78 is 13.4. The van der Waals surface area contributed by atoms with Gasteiger partial charge in [-0.1, -0.05) is 42.5 Å². The highest BCUT2D eigenvalue weighted by Gasteiger charge is 2.24. The molecule has 4 aromatic rings. The summed E-state index contributed by atoms with van der Waals surface area (Å²) in [6.07, 6.45) is 0. The highest BCUT2D eigenvalue weighted by Crippen LogP contribution is 2.28. The van der Waals surface area contributed by atoms with Crippen LogP contribution in [0.25, 0.3) is 11.0 Å². The second-order valence-corrected chi connectivity index (χ2v) is 8.24. The average molecular weight is 457 g/mol. The van der Waals surface area contributed by atoms with Crippen LogP contribution in [0.3, 0.4) is 0 Å². The van der Waals surface area contributed by atoms with Crippen molar-refractivity contribution in [1.82, 2.24) is 14.5 Å². The Morgan fingerprint density at radius 2 is 1.59 bits per heavy atom. The number of imidazole rings is 1. The van der Waals surface area contributed by atoms with E-state index in [0.29, 0.717) is 19.7 Å². The summed E-state index contributed by atoms with van der Waals surface area (Å²) in [6, 6.07) is 25.6. The fraction of sp³-hybridized carbons (Fsp3) is 0.259. The van der Waals surface area contributed by atoms with Gasteiger partial charge in [-0.3, -0.25) is 4.79 Å². The molecule has 0 atom stereocenters. The molecule has 174 valence electrons. The lowest BCUT2D eigenvalue weighted by Gasteiger charge is -2.36. The van der Waals surface area contributed by atoms with E-state index < -0.39 is 0 Å². The number of para-hydroxylation sites is 5. The first-order valence-electron chi connectivity index (χ1n) is 11.5. The van der Waals surface area contributed by atoms with Gasteiger partial charge in [0.2, 0.25) is 5.91 Å². The molecule has 1 fully saturated rings. The van der Waals surface area contributed by atoms with Crippen molar-refractivity contribution in [2.75, 3.05) is 38.2 Å². The summed E-state index contributed by atoms with van der Waals surface area (Å²) in [5.74, 6) is 2.46. The molecule has 1 aliphatic rings. The predicted octanol–water partition coefficient (Wildman–Crippen LogP) is 3.97. The average Bonchev–Trinajstić information content (AvgIpc) is 3.25. The van der Waals surface area contributed by atoms with Gasteiger partial charge < -0.3 is 23.8 Å². The first kappa shape index (κ1) is 21.8. The molecule has 7 heteroatoms. The molecule has 34 heavy (non-hydrogen) atoms. The van der Waals surface area contributed by atoms with Crippen LogP contribution in [0.4, 0.5) is 5.69 Å². The third-order valence-corrected chi connectivity index (χ3v) is 6.20. The summed E-state index contributed by atoms with van der Waals surface area (Å²) in [5, 5.41) is 0. The van der Waals surface area contributed by atoms with Crippen LogP contribution < -0.4 is 14.4 Å². The number of carbonyl (C=O) groups excluding carboxylic acids is 1. The number of methoxy groups -OCH3 is 1. The monoisotopic (exact) mass is 456 g/mol. The molecule has 0 aliphatic carbocycles. The SMILES string of the molecule is COc1ccccc1N1CCN(C(=O)Cn2c(COc3ccccc3)nc3ccccc32)CC1. The van der Waals surface area contributed by atoms with E-state index in [1.807, 2.05) is 82.3 Å². The quantitative estimate of drug-likeness (QED) is 0.421. The van der Waals surface area contributed by atoms with Gasteiger partial charge in [0.05, 0.1) is 23.8 Å². The highest BCUT2D eigenvalue weighted by atomic mass is 16.5. The molecule has 2 heterocycles. The van der Waals surface area contributed by atoms with Crippen molar-refractivity contribution in [2.45, 2.75) is 13.2 Å². The lowest BCUT2D eigenvalue weighted by molar-refractivity contribution is -0.132. The summed E-state index contributed by atoms with van der Waals surface area (Å²) in [7, 11) is 1.69. The number of anilines is 1. The van der Waals surface area contributed by atoms with Crippen LogP contribution >= 0.6 is 0 Å². The minimum Gasteiger partial charge on any atom is -0.495 e. The zero-order valence-corrected chi connectivity index (χ0v) is 19.3. The molecule has 1 aliphatic heterocycles. The lowest BCUT2D eigenvalue weighted by Crippen LogP contribution is -2.49. The van der Waals surface area contributed by atoms with E-state index in [0.717, 1.165) is 47.1 Å². The summed E-state index contributed by atoms with van der Waals surface area (Å²) in [5.41, 5.74) is 2.87. The van der Waals surface area contributed by atoms with Crippen LogP contribution in [-0.2, 0) is 17.9 Å². The fourth-order valence-electron chi connectivity index (χ4n) is 4.40. The van der Waals surface area contributed by atoms with Crippen LogP contribution in [0.2, 0.25) is 0 Å². The molecule has 0 bridgehead atoms. The molecule has 7 nitrogen and oxygen atoms in total. The molecule has 0 saturated carbocycles. The number of aromatic nitrogens is 2. The predicted molar refractivity (Wildman–Crippen MR) is 132 cm³/mol. The molecule has 1 aromatic heterocycles. The smallest absolute Gasteiger partial charge is 0.242 e. The van der Waals surface area contributed by atoms with Gasteiger partial charge in [-0.15, -0.1) is 0 Å². The number of benzene rings is 3. The van der Waals surface area contributed by atoms with E-state index in [1.165, 1.54) is 0 Å². The number of carbonyl (C=O) groups is 1. The van der Waals surface area contributed by atoms with Crippen LogP contribution in [-0.4, -0.2) is 53.6 Å². The maximum atomic E-state index is 13.3. The minimum absolute atomic E-state index is 0.0868. The summed E-state index contributed by atoms with van der Waals surface area (Å²) in [4.78, 5) is 22.2. The van der Waals surface area contributed by atoms with Crippen molar-refractivity contribution in [2.24, 2.45) is 0 Å². The number of fused-ring (bicyclic) bond motifs is 1. The van der Waals surface area contributed by atoms with Crippen LogP contribution in [0.1, 0.15) is 5.82 Å². The maximum absolute atomic E-state index is 13.3. The van der Waals surface area contributed by atoms with E-state index in [-0.39, 0.29) is 12.5 Å². The summed E-state index contributed by atoms with van der Waals surface area (Å²) in [6.45, 7) is 3.40. The molecular formula is C27H28N4O3. The van der Waals surface area contributed by atoms with Crippen molar-refractivity contribution in [3.05, 3.63) is 84.7 Å². The van der Waals surface area contributed by atoms with Gasteiger partial charge in [-0.2, -0.15) is 0 Å². The van der Waals surface area contributed by atoms with Crippen molar-refractivity contribution in [3.63, 3.8) is 0 Å². The standard InChI is InChI=1S/C27H28N4O3/c1-33-25-14-8-7-13-24(25)29-15-17-30(18-16-29)27(32)19-31-23-12-6-5-11-22(23)28-26(31)20-34-21-9-3-2-4-10-21/h2-14H,15-20H2,1H3. The van der Waals surface area contributed by atoms with Gasteiger partial charge in [-0.05, 0) is 36.4 Å². The van der Waals surface area contributed by atoms with E-state index in [1.54, 1.807) is 7.11 Å². The Morgan fingerprint density at radius 1 is 0.882 bits per heavy atom. The number of nitrogens with zero attached hydrogens (tertiary/aromatic N) is 4. The molecule has 5 rings (SSSR count). The van der Waals surface area contributed by atoms with E-state index in [9.17, 15) is 4.79 Å². The van der Waals surface area contributed by atoms with Gasteiger partial charge in [0, 0.05) is 26.2 Å². The fourth-order valence-corrected chi connectivity index (χ4v) is 4.40. The van der Waals surface area contributed by atoms with E-state index in [2.05, 4.69) is 11.0 Å². The zero-order chi connectivity index (χ0) is 23.3. The van der Waals surface area contributed by atoms with Crippen LogP contribution in [0.15, 0.2) is 78.9 Å². The molecule has 1 amide bonds. The van der Waals surface area contributed by atoms with Crippen molar-refractivity contribution < 1.29 is 14.3 Å². The van der Waals surface area contributed by atoms with Crippen molar-refractivity contribution >= 4 is 22.6 Å².